The Morgan fingerprint density at radius 2 is 1.76 bits per heavy atom. The third-order valence-corrected chi connectivity index (χ3v) is 2.62. The summed E-state index contributed by atoms with van der Waals surface area (Å²) < 4.78 is 0. The molecule has 0 aromatic heterocycles. The maximum atomic E-state index is 12.1. The fraction of sp³-hybridized carbons (Fsp3) is 0.0714. The minimum Gasteiger partial charge on any atom is -0.397 e. The Kier molecular flexibility index (Phi) is 3.10. The number of carbonyl (C=O) groups excluding carboxylic acids is 1. The summed E-state index contributed by atoms with van der Waals surface area (Å²) in [7, 11) is 1.80. The number of anilines is 2. The molecule has 3 nitrogen and oxygen atoms in total. The van der Waals surface area contributed by atoms with Crippen LogP contribution < -0.4 is 11.1 Å². The highest BCUT2D eigenvalue weighted by molar-refractivity contribution is 6.09. The van der Waals surface area contributed by atoms with Crippen molar-refractivity contribution in [2.45, 2.75) is 0 Å². The molecular formula is C14H14N2O. The zero-order valence-electron chi connectivity index (χ0n) is 9.60. The van der Waals surface area contributed by atoms with Crippen molar-refractivity contribution in [2.24, 2.45) is 0 Å². The van der Waals surface area contributed by atoms with Gasteiger partial charge in [-0.2, -0.15) is 0 Å². The zero-order valence-corrected chi connectivity index (χ0v) is 9.60. The van der Waals surface area contributed by atoms with Gasteiger partial charge in [0.2, 0.25) is 0 Å². The van der Waals surface area contributed by atoms with E-state index in [0.717, 1.165) is 5.69 Å². The highest BCUT2D eigenvalue weighted by Gasteiger charge is 2.09. The molecule has 0 aliphatic heterocycles. The molecule has 3 heteroatoms. The predicted molar refractivity (Wildman–Crippen MR) is 70.3 cm³/mol. The average molecular weight is 226 g/mol. The van der Waals surface area contributed by atoms with Gasteiger partial charge >= 0.3 is 0 Å². The predicted octanol–water partition coefficient (Wildman–Crippen LogP) is 2.54. The van der Waals surface area contributed by atoms with Crippen molar-refractivity contribution in [2.75, 3.05) is 18.1 Å². The molecule has 0 saturated heterocycles. The van der Waals surface area contributed by atoms with Crippen LogP contribution in [0.3, 0.4) is 0 Å². The van der Waals surface area contributed by atoms with Crippen LogP contribution in [0.15, 0.2) is 48.5 Å². The second-order valence-electron chi connectivity index (χ2n) is 3.75. The van der Waals surface area contributed by atoms with Gasteiger partial charge < -0.3 is 11.1 Å². The second-order valence-corrected chi connectivity index (χ2v) is 3.75. The average Bonchev–Trinajstić information content (AvgIpc) is 2.39. The van der Waals surface area contributed by atoms with Crippen molar-refractivity contribution in [1.82, 2.24) is 0 Å². The monoisotopic (exact) mass is 226 g/mol. The summed E-state index contributed by atoms with van der Waals surface area (Å²) in [4.78, 5) is 12.1. The van der Waals surface area contributed by atoms with Crippen LogP contribution in [0.2, 0.25) is 0 Å². The number of hydrogen-bond donors (Lipinski definition) is 2. The first-order valence-corrected chi connectivity index (χ1v) is 5.39. The summed E-state index contributed by atoms with van der Waals surface area (Å²) in [6.07, 6.45) is 0. The Balaban J connectivity index is 2.35. The van der Waals surface area contributed by atoms with E-state index < -0.39 is 0 Å². The Morgan fingerprint density at radius 1 is 1.06 bits per heavy atom. The molecule has 2 rings (SSSR count). The van der Waals surface area contributed by atoms with Gasteiger partial charge in [-0.05, 0) is 18.2 Å². The Hall–Kier alpha value is -2.29. The van der Waals surface area contributed by atoms with Gasteiger partial charge in [-0.15, -0.1) is 0 Å². The van der Waals surface area contributed by atoms with Crippen LogP contribution in [0.4, 0.5) is 11.4 Å². The Morgan fingerprint density at radius 3 is 2.35 bits per heavy atom. The van der Waals surface area contributed by atoms with Crippen molar-refractivity contribution >= 4 is 17.2 Å². The molecule has 0 aliphatic carbocycles. The van der Waals surface area contributed by atoms with Crippen molar-refractivity contribution in [1.29, 1.82) is 0 Å². The quantitative estimate of drug-likeness (QED) is 0.624. The van der Waals surface area contributed by atoms with E-state index in [9.17, 15) is 4.79 Å². The summed E-state index contributed by atoms with van der Waals surface area (Å²) in [5, 5.41) is 2.96. The molecule has 0 heterocycles. The normalized spacial score (nSPS) is 9.94. The molecule has 0 amide bonds. The molecule has 0 atom stereocenters. The standard InChI is InChI=1S/C14H14N2O/c1-16-13-8-7-11(9-12(13)15)14(17)10-5-3-2-4-6-10/h2-9,16H,15H2,1H3. The minimum atomic E-state index is -0.0139. The molecule has 0 radical (unpaired) electrons. The number of rotatable bonds is 3. The maximum Gasteiger partial charge on any atom is 0.193 e. The molecule has 3 N–H and O–H groups in total. The van der Waals surface area contributed by atoms with E-state index in [1.807, 2.05) is 24.3 Å². The van der Waals surface area contributed by atoms with Crippen LogP contribution in [-0.2, 0) is 0 Å². The molecule has 0 saturated carbocycles. The van der Waals surface area contributed by atoms with Crippen LogP contribution in [0, 0.1) is 0 Å². The smallest absolute Gasteiger partial charge is 0.193 e. The van der Waals surface area contributed by atoms with Crippen molar-refractivity contribution in [3.8, 4) is 0 Å². The van der Waals surface area contributed by atoms with Crippen LogP contribution in [-0.4, -0.2) is 12.8 Å². The van der Waals surface area contributed by atoms with E-state index in [2.05, 4.69) is 5.32 Å². The summed E-state index contributed by atoms with van der Waals surface area (Å²) in [6, 6.07) is 14.4. The summed E-state index contributed by atoms with van der Waals surface area (Å²) in [6.45, 7) is 0. The summed E-state index contributed by atoms with van der Waals surface area (Å²) >= 11 is 0. The van der Waals surface area contributed by atoms with Crippen molar-refractivity contribution in [3.05, 3.63) is 59.7 Å². The first-order chi connectivity index (χ1) is 8.22. The van der Waals surface area contributed by atoms with Gasteiger partial charge in [0.25, 0.3) is 0 Å². The lowest BCUT2D eigenvalue weighted by molar-refractivity contribution is 0.103. The Labute approximate surface area is 100 Å². The number of hydrogen-bond acceptors (Lipinski definition) is 3. The van der Waals surface area contributed by atoms with Gasteiger partial charge in [0.1, 0.15) is 0 Å². The summed E-state index contributed by atoms with van der Waals surface area (Å²) in [5.41, 5.74) is 8.51. The van der Waals surface area contributed by atoms with Crippen LogP contribution in [0.1, 0.15) is 15.9 Å². The van der Waals surface area contributed by atoms with E-state index in [4.69, 9.17) is 5.73 Å². The lowest BCUT2D eigenvalue weighted by Gasteiger charge is -2.07. The summed E-state index contributed by atoms with van der Waals surface area (Å²) in [5.74, 6) is -0.0139. The minimum absolute atomic E-state index is 0.0139. The fourth-order valence-corrected chi connectivity index (χ4v) is 1.69. The second kappa shape index (κ2) is 4.70. The van der Waals surface area contributed by atoms with Crippen LogP contribution >= 0.6 is 0 Å². The van der Waals surface area contributed by atoms with Gasteiger partial charge in [-0.1, -0.05) is 30.3 Å². The number of ketones is 1. The number of nitrogens with one attached hydrogen (secondary N) is 1. The molecular weight excluding hydrogens is 212 g/mol. The SMILES string of the molecule is CNc1ccc(C(=O)c2ccccc2)cc1N. The van der Waals surface area contributed by atoms with E-state index in [-0.39, 0.29) is 5.78 Å². The van der Waals surface area contributed by atoms with Gasteiger partial charge in [0.05, 0.1) is 11.4 Å². The molecule has 0 aliphatic rings. The fourth-order valence-electron chi connectivity index (χ4n) is 1.69. The highest BCUT2D eigenvalue weighted by Crippen LogP contribution is 2.20. The number of nitrogen functional groups attached to an aromatic ring is 1. The highest BCUT2D eigenvalue weighted by atomic mass is 16.1. The lowest BCUT2D eigenvalue weighted by atomic mass is 10.0. The van der Waals surface area contributed by atoms with Crippen LogP contribution in [0.25, 0.3) is 0 Å². The van der Waals surface area contributed by atoms with Gasteiger partial charge in [0.15, 0.2) is 5.78 Å². The molecule has 17 heavy (non-hydrogen) atoms. The van der Waals surface area contributed by atoms with E-state index in [1.165, 1.54) is 0 Å². The number of benzene rings is 2. The first kappa shape index (κ1) is 11.2. The van der Waals surface area contributed by atoms with Gasteiger partial charge in [0, 0.05) is 18.2 Å². The number of carbonyl (C=O) groups is 1. The Bertz CT molecular complexity index is 535. The third kappa shape index (κ3) is 2.28. The van der Waals surface area contributed by atoms with E-state index in [1.54, 1.807) is 31.3 Å². The third-order valence-electron chi connectivity index (χ3n) is 2.62. The molecule has 2 aromatic rings. The molecule has 0 spiro atoms. The molecule has 2 aromatic carbocycles. The molecule has 0 unspecified atom stereocenters. The van der Waals surface area contributed by atoms with Gasteiger partial charge in [-0.3, -0.25) is 4.79 Å². The van der Waals surface area contributed by atoms with Crippen molar-refractivity contribution in [3.63, 3.8) is 0 Å². The molecule has 0 bridgehead atoms. The van der Waals surface area contributed by atoms with Crippen molar-refractivity contribution < 1.29 is 4.79 Å². The lowest BCUT2D eigenvalue weighted by Crippen LogP contribution is -2.03. The van der Waals surface area contributed by atoms with E-state index >= 15 is 0 Å². The maximum absolute atomic E-state index is 12.1. The molecule has 0 fully saturated rings. The largest absolute Gasteiger partial charge is 0.397 e. The topological polar surface area (TPSA) is 55.1 Å². The first-order valence-electron chi connectivity index (χ1n) is 5.39. The van der Waals surface area contributed by atoms with Gasteiger partial charge in [-0.25, -0.2) is 0 Å². The number of nitrogens with two attached hydrogens (primary N) is 1. The molecule has 86 valence electrons. The zero-order chi connectivity index (χ0) is 12.3. The van der Waals surface area contributed by atoms with E-state index in [0.29, 0.717) is 16.8 Å². The van der Waals surface area contributed by atoms with Crippen LogP contribution in [0.5, 0.6) is 0 Å².